The van der Waals surface area contributed by atoms with E-state index in [1.54, 1.807) is 0 Å². The number of hydrogen-bond acceptors (Lipinski definition) is 4. The number of likely N-dealkylation sites (tertiary alicyclic amines) is 1. The number of benzene rings is 1. The van der Waals surface area contributed by atoms with Gasteiger partial charge in [0.2, 0.25) is 0 Å². The van der Waals surface area contributed by atoms with Gasteiger partial charge in [-0.05, 0) is 30.9 Å². The molecule has 0 saturated carbocycles. The van der Waals surface area contributed by atoms with Crippen LogP contribution in [0.2, 0.25) is 0 Å². The highest BCUT2D eigenvalue weighted by Gasteiger charge is 2.27. The molecule has 2 fully saturated rings. The Kier molecular flexibility index (Phi) is 5.20. The van der Waals surface area contributed by atoms with E-state index in [9.17, 15) is 4.79 Å². The zero-order valence-corrected chi connectivity index (χ0v) is 15.1. The zero-order valence-electron chi connectivity index (χ0n) is 15.1. The van der Waals surface area contributed by atoms with Crippen LogP contribution in [0.3, 0.4) is 0 Å². The minimum Gasteiger partial charge on any atom is -0.378 e. The minimum absolute atomic E-state index is 0.155. The summed E-state index contributed by atoms with van der Waals surface area (Å²) in [6.07, 6.45) is 7.88. The van der Waals surface area contributed by atoms with Crippen LogP contribution in [0.15, 0.2) is 43.0 Å². The van der Waals surface area contributed by atoms with E-state index in [1.165, 1.54) is 0 Å². The Morgan fingerprint density at radius 3 is 2.85 bits per heavy atom. The summed E-state index contributed by atoms with van der Waals surface area (Å²) in [5.41, 5.74) is 1.86. The van der Waals surface area contributed by atoms with Crippen LogP contribution in [0.5, 0.6) is 0 Å². The lowest BCUT2D eigenvalue weighted by Crippen LogP contribution is -2.42. The number of rotatable bonds is 4. The fraction of sp³-hybridized carbons (Fsp3) is 0.500. The summed E-state index contributed by atoms with van der Waals surface area (Å²) in [6.45, 7) is 5.71. The quantitative estimate of drug-likeness (QED) is 0.845. The Labute approximate surface area is 154 Å². The molecule has 1 unspecified atom stereocenters. The molecule has 26 heavy (non-hydrogen) atoms. The summed E-state index contributed by atoms with van der Waals surface area (Å²) in [7, 11) is 0. The van der Waals surface area contributed by atoms with Gasteiger partial charge in [-0.2, -0.15) is 0 Å². The van der Waals surface area contributed by atoms with E-state index in [4.69, 9.17) is 4.74 Å². The van der Waals surface area contributed by atoms with Gasteiger partial charge >= 0.3 is 0 Å². The van der Waals surface area contributed by atoms with E-state index >= 15 is 0 Å². The lowest BCUT2D eigenvalue weighted by Gasteiger charge is -2.35. The Morgan fingerprint density at radius 2 is 2.04 bits per heavy atom. The van der Waals surface area contributed by atoms with E-state index in [1.807, 2.05) is 41.8 Å². The second kappa shape index (κ2) is 7.91. The van der Waals surface area contributed by atoms with Crippen molar-refractivity contribution in [3.63, 3.8) is 0 Å². The lowest BCUT2D eigenvalue weighted by atomic mass is 9.97. The lowest BCUT2D eigenvalue weighted by molar-refractivity contribution is 0.0662. The van der Waals surface area contributed by atoms with Gasteiger partial charge in [0.25, 0.3) is 5.91 Å². The topological polar surface area (TPSA) is 50.6 Å². The molecule has 1 atom stereocenters. The first-order valence-electron chi connectivity index (χ1n) is 9.48. The molecule has 2 aliphatic heterocycles. The summed E-state index contributed by atoms with van der Waals surface area (Å²) in [5.74, 6) is 0.639. The van der Waals surface area contributed by atoms with Crippen LogP contribution in [-0.4, -0.2) is 59.8 Å². The highest BCUT2D eigenvalue weighted by molar-refractivity contribution is 5.99. The van der Waals surface area contributed by atoms with Gasteiger partial charge in [-0.3, -0.25) is 4.79 Å². The standard InChI is InChI=1S/C20H26N4O2/c25-20(18-5-1-2-6-19(18)23-10-12-26-13-11-23)24-8-3-4-17(15-24)14-22-9-7-21-16-22/h1-2,5-7,9,16-17H,3-4,8,10-15H2. The molecule has 0 N–H and O–H groups in total. The molecule has 0 aliphatic carbocycles. The molecule has 1 aromatic carbocycles. The molecule has 138 valence electrons. The highest BCUT2D eigenvalue weighted by Crippen LogP contribution is 2.26. The van der Waals surface area contributed by atoms with Gasteiger partial charge in [0, 0.05) is 50.8 Å². The van der Waals surface area contributed by atoms with Crippen molar-refractivity contribution >= 4 is 11.6 Å². The number of ether oxygens (including phenoxy) is 1. The molecular weight excluding hydrogens is 328 g/mol. The largest absolute Gasteiger partial charge is 0.378 e. The first-order chi connectivity index (χ1) is 12.8. The molecule has 6 nitrogen and oxygen atoms in total. The van der Waals surface area contributed by atoms with Crippen LogP contribution in [0, 0.1) is 5.92 Å². The summed E-state index contributed by atoms with van der Waals surface area (Å²) in [4.78, 5) is 21.7. The molecule has 6 heteroatoms. The number of aromatic nitrogens is 2. The smallest absolute Gasteiger partial charge is 0.255 e. The summed E-state index contributed by atoms with van der Waals surface area (Å²) in [5, 5.41) is 0. The second-order valence-corrected chi connectivity index (χ2v) is 7.14. The number of carbonyl (C=O) groups is 1. The predicted molar refractivity (Wildman–Crippen MR) is 100 cm³/mol. The van der Waals surface area contributed by atoms with Crippen LogP contribution in [0.4, 0.5) is 5.69 Å². The number of piperidine rings is 1. The van der Waals surface area contributed by atoms with Gasteiger partial charge < -0.3 is 19.1 Å². The summed E-state index contributed by atoms with van der Waals surface area (Å²) < 4.78 is 7.57. The van der Waals surface area contributed by atoms with Crippen LogP contribution in [0.25, 0.3) is 0 Å². The molecular formula is C20H26N4O2. The minimum atomic E-state index is 0.155. The number of morpholine rings is 1. The third kappa shape index (κ3) is 3.75. The Hall–Kier alpha value is -2.34. The van der Waals surface area contributed by atoms with Gasteiger partial charge in [-0.1, -0.05) is 12.1 Å². The highest BCUT2D eigenvalue weighted by atomic mass is 16.5. The molecule has 0 spiro atoms. The van der Waals surface area contributed by atoms with E-state index < -0.39 is 0 Å². The molecule has 1 aromatic heterocycles. The van der Waals surface area contributed by atoms with Gasteiger partial charge in [0.15, 0.2) is 0 Å². The van der Waals surface area contributed by atoms with Gasteiger partial charge in [0.1, 0.15) is 0 Å². The maximum Gasteiger partial charge on any atom is 0.255 e. The van der Waals surface area contributed by atoms with Crippen molar-refractivity contribution in [1.82, 2.24) is 14.5 Å². The van der Waals surface area contributed by atoms with Gasteiger partial charge in [-0.25, -0.2) is 4.98 Å². The monoisotopic (exact) mass is 354 g/mol. The number of carbonyl (C=O) groups excluding carboxylic acids is 1. The third-order valence-electron chi connectivity index (χ3n) is 5.32. The van der Waals surface area contributed by atoms with Crippen molar-refractivity contribution < 1.29 is 9.53 Å². The number of amides is 1. The molecule has 3 heterocycles. The molecule has 0 bridgehead atoms. The number of imidazole rings is 1. The van der Waals surface area contributed by atoms with Crippen LogP contribution in [0.1, 0.15) is 23.2 Å². The Bertz CT molecular complexity index is 725. The fourth-order valence-electron chi connectivity index (χ4n) is 4.00. The molecule has 4 rings (SSSR count). The number of para-hydroxylation sites is 1. The molecule has 1 amide bonds. The maximum absolute atomic E-state index is 13.3. The SMILES string of the molecule is O=C(c1ccccc1N1CCOCC1)N1CCCC(Cn2ccnc2)C1. The van der Waals surface area contributed by atoms with Gasteiger partial charge in [0.05, 0.1) is 25.1 Å². The second-order valence-electron chi connectivity index (χ2n) is 7.14. The Morgan fingerprint density at radius 1 is 1.19 bits per heavy atom. The molecule has 2 aromatic rings. The summed E-state index contributed by atoms with van der Waals surface area (Å²) >= 11 is 0. The van der Waals surface area contributed by atoms with Gasteiger partial charge in [-0.15, -0.1) is 0 Å². The van der Waals surface area contributed by atoms with Crippen molar-refractivity contribution in [1.29, 1.82) is 0 Å². The molecule has 2 aliphatic rings. The van der Waals surface area contributed by atoms with E-state index in [0.29, 0.717) is 5.92 Å². The maximum atomic E-state index is 13.3. The van der Waals surface area contributed by atoms with Crippen LogP contribution < -0.4 is 4.90 Å². The third-order valence-corrected chi connectivity index (χ3v) is 5.32. The van der Waals surface area contributed by atoms with Crippen molar-refractivity contribution in [2.75, 3.05) is 44.3 Å². The number of nitrogens with zero attached hydrogens (tertiary/aromatic N) is 4. The van der Waals surface area contributed by atoms with Crippen LogP contribution in [-0.2, 0) is 11.3 Å². The van der Waals surface area contributed by atoms with E-state index in [0.717, 1.165) is 70.0 Å². The fourth-order valence-corrected chi connectivity index (χ4v) is 4.00. The number of anilines is 1. The van der Waals surface area contributed by atoms with Crippen LogP contribution >= 0.6 is 0 Å². The average Bonchev–Trinajstić information content (AvgIpc) is 3.21. The Balaban J connectivity index is 1.48. The summed E-state index contributed by atoms with van der Waals surface area (Å²) in [6, 6.07) is 8.00. The molecule has 0 radical (unpaired) electrons. The average molecular weight is 354 g/mol. The predicted octanol–water partition coefficient (Wildman–Crippen LogP) is 2.27. The normalized spacial score (nSPS) is 21.0. The van der Waals surface area contributed by atoms with Crippen molar-refractivity contribution in [2.24, 2.45) is 5.92 Å². The van der Waals surface area contributed by atoms with Crippen molar-refractivity contribution in [3.05, 3.63) is 48.5 Å². The first-order valence-corrected chi connectivity index (χ1v) is 9.48. The zero-order chi connectivity index (χ0) is 17.8. The molecule has 2 saturated heterocycles. The van der Waals surface area contributed by atoms with Crippen molar-refractivity contribution in [3.8, 4) is 0 Å². The van der Waals surface area contributed by atoms with E-state index in [2.05, 4.69) is 20.5 Å². The van der Waals surface area contributed by atoms with Crippen molar-refractivity contribution in [2.45, 2.75) is 19.4 Å². The number of hydrogen-bond donors (Lipinski definition) is 0. The first kappa shape index (κ1) is 17.1. The van der Waals surface area contributed by atoms with E-state index in [-0.39, 0.29) is 5.91 Å².